The Hall–Kier alpha value is -1.06. The van der Waals surface area contributed by atoms with E-state index in [1.165, 1.54) is 11.1 Å². The maximum absolute atomic E-state index is 5.63. The first kappa shape index (κ1) is 14.4. The molecule has 0 fully saturated rings. The Morgan fingerprint density at radius 2 is 2.26 bits per heavy atom. The van der Waals surface area contributed by atoms with Gasteiger partial charge in [0.25, 0.3) is 0 Å². The minimum atomic E-state index is 0.619. The maximum atomic E-state index is 5.63. The summed E-state index contributed by atoms with van der Waals surface area (Å²) in [4.78, 5) is 0. The summed E-state index contributed by atoms with van der Waals surface area (Å²) < 4.78 is 5.63. The van der Waals surface area contributed by atoms with Crippen molar-refractivity contribution in [3.63, 3.8) is 0 Å². The summed E-state index contributed by atoms with van der Waals surface area (Å²) in [6.07, 6.45) is 4.55. The van der Waals surface area contributed by atoms with Crippen LogP contribution in [0.5, 0.6) is 5.75 Å². The fourth-order valence-corrected chi connectivity index (χ4v) is 2.39. The molecule has 0 radical (unpaired) electrons. The van der Waals surface area contributed by atoms with Gasteiger partial charge in [0.05, 0.1) is 6.61 Å². The molecule has 0 aromatic heterocycles. The van der Waals surface area contributed by atoms with Gasteiger partial charge in [0, 0.05) is 0 Å². The molecule has 1 heterocycles. The van der Waals surface area contributed by atoms with Gasteiger partial charge in [0.2, 0.25) is 0 Å². The lowest BCUT2D eigenvalue weighted by Crippen LogP contribution is -2.22. The van der Waals surface area contributed by atoms with Crippen molar-refractivity contribution >= 4 is 0 Å². The van der Waals surface area contributed by atoms with Crippen LogP contribution < -0.4 is 15.8 Å². The molecule has 1 aliphatic heterocycles. The number of hydrogen-bond acceptors (Lipinski definition) is 3. The van der Waals surface area contributed by atoms with E-state index >= 15 is 0 Å². The van der Waals surface area contributed by atoms with Crippen LogP contribution >= 0.6 is 0 Å². The first-order chi connectivity index (χ1) is 9.29. The molecule has 0 spiro atoms. The van der Waals surface area contributed by atoms with Gasteiger partial charge in [-0.25, -0.2) is 0 Å². The number of hydrogen-bond donors (Lipinski definition) is 2. The fraction of sp³-hybridized carbons (Fsp3) is 0.625. The number of nitrogens with one attached hydrogen (secondary N) is 1. The van der Waals surface area contributed by atoms with Crippen LogP contribution in [0, 0.1) is 5.92 Å². The molecule has 1 aromatic rings. The van der Waals surface area contributed by atoms with Gasteiger partial charge in [0.1, 0.15) is 5.75 Å². The highest BCUT2D eigenvalue weighted by Crippen LogP contribution is 2.25. The van der Waals surface area contributed by atoms with Crippen LogP contribution in [0.25, 0.3) is 0 Å². The molecule has 0 saturated heterocycles. The zero-order valence-corrected chi connectivity index (χ0v) is 12.0. The lowest BCUT2D eigenvalue weighted by molar-refractivity contribution is 0.288. The highest BCUT2D eigenvalue weighted by molar-refractivity contribution is 5.38. The van der Waals surface area contributed by atoms with Crippen LogP contribution in [0.3, 0.4) is 0 Å². The molecule has 1 atom stereocenters. The van der Waals surface area contributed by atoms with E-state index in [4.69, 9.17) is 10.5 Å². The SMILES string of the molecule is CC(CN)CCNCCc1ccc2c(c1)CCCO2. The van der Waals surface area contributed by atoms with Gasteiger partial charge in [-0.2, -0.15) is 0 Å². The molecule has 1 aliphatic rings. The van der Waals surface area contributed by atoms with E-state index in [1.807, 2.05) is 0 Å². The highest BCUT2D eigenvalue weighted by atomic mass is 16.5. The molecule has 3 N–H and O–H groups in total. The van der Waals surface area contributed by atoms with E-state index < -0.39 is 0 Å². The Labute approximate surface area is 116 Å². The van der Waals surface area contributed by atoms with Crippen LogP contribution in [-0.4, -0.2) is 26.2 Å². The monoisotopic (exact) mass is 262 g/mol. The molecule has 2 rings (SSSR count). The van der Waals surface area contributed by atoms with Gasteiger partial charge in [-0.15, -0.1) is 0 Å². The van der Waals surface area contributed by atoms with Crippen molar-refractivity contribution in [1.82, 2.24) is 5.32 Å². The summed E-state index contributed by atoms with van der Waals surface area (Å²) in [7, 11) is 0. The van der Waals surface area contributed by atoms with Crippen molar-refractivity contribution in [2.45, 2.75) is 32.6 Å². The van der Waals surface area contributed by atoms with Gasteiger partial charge >= 0.3 is 0 Å². The van der Waals surface area contributed by atoms with E-state index in [-0.39, 0.29) is 0 Å². The Morgan fingerprint density at radius 1 is 1.37 bits per heavy atom. The standard InChI is InChI=1S/C16H26N2O/c1-13(12-17)6-8-18-9-7-14-4-5-16-15(11-14)3-2-10-19-16/h4-5,11,13,18H,2-3,6-10,12,17H2,1H3. The van der Waals surface area contributed by atoms with Crippen LogP contribution in [-0.2, 0) is 12.8 Å². The molecule has 0 bridgehead atoms. The van der Waals surface area contributed by atoms with Crippen LogP contribution in [0.1, 0.15) is 30.9 Å². The zero-order chi connectivity index (χ0) is 13.5. The predicted molar refractivity (Wildman–Crippen MR) is 79.7 cm³/mol. The summed E-state index contributed by atoms with van der Waals surface area (Å²) in [6.45, 7) is 5.95. The molecule has 1 aromatic carbocycles. The molecule has 1 unspecified atom stereocenters. The van der Waals surface area contributed by atoms with E-state index in [0.29, 0.717) is 5.92 Å². The predicted octanol–water partition coefficient (Wildman–Crippen LogP) is 2.13. The largest absolute Gasteiger partial charge is 0.493 e. The molecule has 19 heavy (non-hydrogen) atoms. The second-order valence-electron chi connectivity index (χ2n) is 5.52. The Morgan fingerprint density at radius 3 is 3.11 bits per heavy atom. The van der Waals surface area contributed by atoms with Gasteiger partial charge in [-0.1, -0.05) is 19.1 Å². The van der Waals surface area contributed by atoms with Crippen molar-refractivity contribution in [3.8, 4) is 5.75 Å². The van der Waals surface area contributed by atoms with Crippen molar-refractivity contribution in [2.24, 2.45) is 11.7 Å². The molecular formula is C16H26N2O. The minimum Gasteiger partial charge on any atom is -0.493 e. The quantitative estimate of drug-likeness (QED) is 0.740. The number of nitrogens with two attached hydrogens (primary N) is 1. The van der Waals surface area contributed by atoms with Gasteiger partial charge < -0.3 is 15.8 Å². The highest BCUT2D eigenvalue weighted by Gasteiger charge is 2.10. The lowest BCUT2D eigenvalue weighted by Gasteiger charge is -2.18. The van der Waals surface area contributed by atoms with Gasteiger partial charge in [-0.3, -0.25) is 0 Å². The molecule has 106 valence electrons. The third-order valence-corrected chi connectivity index (χ3v) is 3.78. The third kappa shape index (κ3) is 4.51. The summed E-state index contributed by atoms with van der Waals surface area (Å²) in [5.74, 6) is 1.70. The number of benzene rings is 1. The Bertz CT molecular complexity index is 392. The van der Waals surface area contributed by atoms with Crippen molar-refractivity contribution in [3.05, 3.63) is 29.3 Å². The molecule has 0 aliphatic carbocycles. The zero-order valence-electron chi connectivity index (χ0n) is 12.0. The topological polar surface area (TPSA) is 47.3 Å². The summed E-state index contributed by atoms with van der Waals surface area (Å²) in [6, 6.07) is 6.62. The number of rotatable bonds is 7. The van der Waals surface area contributed by atoms with E-state index in [1.54, 1.807) is 0 Å². The second kappa shape index (κ2) is 7.51. The number of aryl methyl sites for hydroxylation is 1. The molecular weight excluding hydrogens is 236 g/mol. The average molecular weight is 262 g/mol. The lowest BCUT2D eigenvalue weighted by atomic mass is 10.0. The van der Waals surface area contributed by atoms with Gasteiger partial charge in [-0.05, 0) is 68.4 Å². The van der Waals surface area contributed by atoms with E-state index in [2.05, 4.69) is 30.4 Å². The summed E-state index contributed by atoms with van der Waals surface area (Å²) in [5.41, 5.74) is 8.38. The first-order valence-corrected chi connectivity index (χ1v) is 7.45. The van der Waals surface area contributed by atoms with Crippen molar-refractivity contribution < 1.29 is 4.74 Å². The van der Waals surface area contributed by atoms with Crippen LogP contribution in [0.4, 0.5) is 0 Å². The van der Waals surface area contributed by atoms with E-state index in [9.17, 15) is 0 Å². The van der Waals surface area contributed by atoms with Crippen molar-refractivity contribution in [2.75, 3.05) is 26.2 Å². The van der Waals surface area contributed by atoms with Gasteiger partial charge in [0.15, 0.2) is 0 Å². The van der Waals surface area contributed by atoms with E-state index in [0.717, 1.165) is 57.7 Å². The summed E-state index contributed by atoms with van der Waals surface area (Å²) in [5, 5.41) is 3.49. The molecule has 3 nitrogen and oxygen atoms in total. The smallest absolute Gasteiger partial charge is 0.122 e. The molecule has 3 heteroatoms. The third-order valence-electron chi connectivity index (χ3n) is 3.78. The normalized spacial score (nSPS) is 15.7. The first-order valence-electron chi connectivity index (χ1n) is 7.45. The molecule has 0 amide bonds. The Balaban J connectivity index is 1.71. The molecule has 0 saturated carbocycles. The van der Waals surface area contributed by atoms with Crippen LogP contribution in [0.2, 0.25) is 0 Å². The minimum absolute atomic E-state index is 0.619. The van der Waals surface area contributed by atoms with Crippen LogP contribution in [0.15, 0.2) is 18.2 Å². The van der Waals surface area contributed by atoms with Crippen molar-refractivity contribution in [1.29, 1.82) is 0 Å². The Kier molecular flexibility index (Phi) is 5.67. The average Bonchev–Trinajstić information content (AvgIpc) is 2.46. The summed E-state index contributed by atoms with van der Waals surface area (Å²) >= 11 is 0. The fourth-order valence-electron chi connectivity index (χ4n) is 2.39. The maximum Gasteiger partial charge on any atom is 0.122 e. The second-order valence-corrected chi connectivity index (χ2v) is 5.52. The number of fused-ring (bicyclic) bond motifs is 1. The number of ether oxygens (including phenoxy) is 1.